The number of benzene rings is 1. The standard InChI is InChI=1S/C14H16F2N2.C12H18N2O.C8H18.C2H6/c1-4-12-9(2)17-13(18-12)10-5-7-11(8-6-10)14(3,15)16;1-10(12(3)13-9-15)8-11(2)14-6-4-5-7-14;1-4-6-8(3)7-5-2;1-2/h5-8H,4H2,1-3H3,(H,17,18);8-9H,2-7H2,1H3,(H,13,15);8H,4-7H2,1-3H3;1-2H3/b;10-8-;;. The number of halogens is 2. The molecule has 242 valence electrons. The van der Waals surface area contributed by atoms with Gasteiger partial charge < -0.3 is 15.2 Å². The zero-order valence-electron chi connectivity index (χ0n) is 28.4. The van der Waals surface area contributed by atoms with Crippen molar-refractivity contribution in [3.63, 3.8) is 0 Å². The first-order chi connectivity index (χ1) is 20.4. The molecule has 1 aliphatic rings. The summed E-state index contributed by atoms with van der Waals surface area (Å²) in [6.45, 7) is 27.6. The lowest BCUT2D eigenvalue weighted by Gasteiger charge is -2.18. The third kappa shape index (κ3) is 15.2. The van der Waals surface area contributed by atoms with E-state index in [-0.39, 0.29) is 5.56 Å². The number of H-pyrrole nitrogens is 1. The minimum absolute atomic E-state index is 0.0187. The fourth-order valence-corrected chi connectivity index (χ4v) is 4.65. The topological polar surface area (TPSA) is 61.0 Å². The zero-order chi connectivity index (χ0) is 33.0. The lowest BCUT2D eigenvalue weighted by molar-refractivity contribution is -0.108. The Morgan fingerprint density at radius 3 is 2.05 bits per heavy atom. The normalized spacial score (nSPS) is 12.7. The lowest BCUT2D eigenvalue weighted by atomic mass is 10.0. The van der Waals surface area contributed by atoms with E-state index in [2.05, 4.69) is 54.1 Å². The zero-order valence-corrected chi connectivity index (χ0v) is 28.4. The van der Waals surface area contributed by atoms with Crippen molar-refractivity contribution in [2.45, 2.75) is 113 Å². The molecule has 0 spiro atoms. The number of alkyl halides is 2. The fraction of sp³-hybridized carbons (Fsp3) is 0.556. The van der Waals surface area contributed by atoms with E-state index < -0.39 is 5.92 Å². The molecule has 1 fully saturated rings. The summed E-state index contributed by atoms with van der Waals surface area (Å²) in [7, 11) is 0. The van der Waals surface area contributed by atoms with Crippen LogP contribution in [0.25, 0.3) is 11.4 Å². The Morgan fingerprint density at radius 1 is 1.09 bits per heavy atom. The highest BCUT2D eigenvalue weighted by Crippen LogP contribution is 2.28. The number of imidazole rings is 1. The van der Waals surface area contributed by atoms with E-state index >= 15 is 0 Å². The molecule has 5 nitrogen and oxygen atoms in total. The number of nitrogens with zero attached hydrogens (tertiary/aromatic N) is 2. The van der Waals surface area contributed by atoms with E-state index in [9.17, 15) is 13.6 Å². The molecule has 2 aromatic rings. The second-order valence-electron chi connectivity index (χ2n) is 10.9. The molecule has 43 heavy (non-hydrogen) atoms. The molecule has 0 bridgehead atoms. The van der Waals surface area contributed by atoms with Crippen LogP contribution >= 0.6 is 0 Å². The highest BCUT2D eigenvalue weighted by atomic mass is 19.3. The Balaban J connectivity index is 0.000000638. The van der Waals surface area contributed by atoms with Gasteiger partial charge in [0.1, 0.15) is 5.82 Å². The predicted octanol–water partition coefficient (Wildman–Crippen LogP) is 10.1. The van der Waals surface area contributed by atoms with Crippen LogP contribution in [0.5, 0.6) is 0 Å². The Bertz CT molecular complexity index is 1100. The number of carbonyl (C=O) groups excluding carboxylic acids is 1. The quantitative estimate of drug-likeness (QED) is 0.188. The average Bonchev–Trinajstić information content (AvgIpc) is 3.65. The summed E-state index contributed by atoms with van der Waals surface area (Å²) < 4.78 is 26.2. The molecule has 0 saturated carbocycles. The molecular weight excluding hydrogens is 542 g/mol. The molecule has 7 heteroatoms. The van der Waals surface area contributed by atoms with Crippen LogP contribution in [0, 0.1) is 12.8 Å². The van der Waals surface area contributed by atoms with Crippen molar-refractivity contribution in [3.05, 3.63) is 77.4 Å². The van der Waals surface area contributed by atoms with Crippen LogP contribution < -0.4 is 5.32 Å². The van der Waals surface area contributed by atoms with Gasteiger partial charge in [-0.15, -0.1) is 0 Å². The molecule has 1 aliphatic heterocycles. The van der Waals surface area contributed by atoms with Crippen LogP contribution in [0.3, 0.4) is 0 Å². The molecule has 1 saturated heterocycles. The van der Waals surface area contributed by atoms with Gasteiger partial charge in [-0.3, -0.25) is 4.79 Å². The summed E-state index contributed by atoms with van der Waals surface area (Å²) in [5, 5.41) is 2.54. The van der Waals surface area contributed by atoms with Crippen molar-refractivity contribution < 1.29 is 13.6 Å². The van der Waals surface area contributed by atoms with E-state index in [4.69, 9.17) is 0 Å². The summed E-state index contributed by atoms with van der Waals surface area (Å²) in [4.78, 5) is 20.1. The van der Waals surface area contributed by atoms with Crippen LogP contribution in [0.15, 0.2) is 60.5 Å². The molecule has 1 aromatic carbocycles. The Labute approximate surface area is 261 Å². The highest BCUT2D eigenvalue weighted by Gasteiger charge is 2.23. The molecule has 1 aromatic heterocycles. The second kappa shape index (κ2) is 21.5. The van der Waals surface area contributed by atoms with Gasteiger partial charge in [-0.25, -0.2) is 13.8 Å². The highest BCUT2D eigenvalue weighted by molar-refractivity contribution is 5.56. The molecular formula is C36H58F2N4O. The number of aryl methyl sites for hydroxylation is 2. The molecule has 0 atom stereocenters. The van der Waals surface area contributed by atoms with Crippen molar-refractivity contribution in [3.8, 4) is 11.4 Å². The van der Waals surface area contributed by atoms with E-state index in [0.717, 1.165) is 66.4 Å². The predicted molar refractivity (Wildman–Crippen MR) is 180 cm³/mol. The van der Waals surface area contributed by atoms with Gasteiger partial charge in [-0.05, 0) is 50.7 Å². The van der Waals surface area contributed by atoms with Crippen molar-refractivity contribution in [1.29, 1.82) is 0 Å². The number of aromatic amines is 1. The lowest BCUT2D eigenvalue weighted by Crippen LogP contribution is -2.17. The van der Waals surface area contributed by atoms with Gasteiger partial charge in [0.25, 0.3) is 5.92 Å². The molecule has 0 radical (unpaired) electrons. The van der Waals surface area contributed by atoms with Crippen LogP contribution in [0.4, 0.5) is 8.78 Å². The number of amides is 1. The van der Waals surface area contributed by atoms with Crippen molar-refractivity contribution >= 4 is 6.41 Å². The Morgan fingerprint density at radius 2 is 1.63 bits per heavy atom. The van der Waals surface area contributed by atoms with Gasteiger partial charge in [0.2, 0.25) is 6.41 Å². The molecule has 0 aliphatic carbocycles. The van der Waals surface area contributed by atoms with E-state index in [1.807, 2.05) is 40.7 Å². The number of hydrogen-bond donors (Lipinski definition) is 2. The first kappa shape index (κ1) is 39.8. The summed E-state index contributed by atoms with van der Waals surface area (Å²) >= 11 is 0. The molecule has 2 heterocycles. The number of nitrogens with one attached hydrogen (secondary N) is 2. The first-order valence-corrected chi connectivity index (χ1v) is 15.9. The summed E-state index contributed by atoms with van der Waals surface area (Å²) in [5.74, 6) is -1.10. The number of allylic oxidation sites excluding steroid dienone is 2. The van der Waals surface area contributed by atoms with Gasteiger partial charge in [0.15, 0.2) is 0 Å². The van der Waals surface area contributed by atoms with Crippen molar-refractivity contribution in [2.24, 2.45) is 5.92 Å². The van der Waals surface area contributed by atoms with Gasteiger partial charge in [0.05, 0.1) is 5.69 Å². The van der Waals surface area contributed by atoms with E-state index in [1.165, 1.54) is 50.7 Å². The Kier molecular flexibility index (Phi) is 19.9. The molecule has 2 N–H and O–H groups in total. The maximum Gasteiger partial charge on any atom is 0.270 e. The third-order valence-corrected chi connectivity index (χ3v) is 7.15. The fourth-order valence-electron chi connectivity index (χ4n) is 4.65. The van der Waals surface area contributed by atoms with Gasteiger partial charge in [0, 0.05) is 48.2 Å². The van der Waals surface area contributed by atoms with Gasteiger partial charge in [-0.2, -0.15) is 0 Å². The van der Waals surface area contributed by atoms with Crippen LogP contribution in [-0.2, 0) is 17.1 Å². The number of hydrogen-bond acceptors (Lipinski definition) is 3. The molecule has 1 amide bonds. The number of likely N-dealkylation sites (tertiary alicyclic amines) is 1. The second-order valence-corrected chi connectivity index (χ2v) is 10.9. The SMILES string of the molecule is C=C(NC=O)/C(C)=C\C(=C)N1CCCC1.CC.CCCC(C)CCC.CCc1nc(-c2ccc(C(C)(F)F)cc2)[nH]c1C. The minimum atomic E-state index is -2.80. The van der Waals surface area contributed by atoms with Crippen molar-refractivity contribution in [2.75, 3.05) is 13.1 Å². The van der Waals surface area contributed by atoms with Gasteiger partial charge in [-0.1, -0.05) is 105 Å². The Hall–Kier alpha value is -3.22. The van der Waals surface area contributed by atoms with Gasteiger partial charge >= 0.3 is 0 Å². The van der Waals surface area contributed by atoms with E-state index in [0.29, 0.717) is 12.1 Å². The first-order valence-electron chi connectivity index (χ1n) is 15.9. The summed E-state index contributed by atoms with van der Waals surface area (Å²) in [5.41, 5.74) is 5.45. The monoisotopic (exact) mass is 600 g/mol. The number of aromatic nitrogens is 2. The maximum atomic E-state index is 13.1. The maximum absolute atomic E-state index is 13.1. The van der Waals surface area contributed by atoms with E-state index in [1.54, 1.807) is 12.1 Å². The van der Waals surface area contributed by atoms with Crippen LogP contribution in [-0.4, -0.2) is 34.4 Å². The third-order valence-electron chi connectivity index (χ3n) is 7.15. The van der Waals surface area contributed by atoms with Crippen LogP contribution in [0.2, 0.25) is 0 Å². The average molecular weight is 601 g/mol. The van der Waals surface area contributed by atoms with Crippen molar-refractivity contribution in [1.82, 2.24) is 20.2 Å². The van der Waals surface area contributed by atoms with Crippen LogP contribution in [0.1, 0.15) is 111 Å². The number of carbonyl (C=O) groups is 1. The summed E-state index contributed by atoms with van der Waals surface area (Å²) in [6.07, 6.45) is 11.4. The molecule has 3 rings (SSSR count). The summed E-state index contributed by atoms with van der Waals surface area (Å²) in [6, 6.07) is 6.23. The molecule has 0 unspecified atom stereocenters. The largest absolute Gasteiger partial charge is 0.372 e. The number of rotatable bonds is 12. The smallest absolute Gasteiger partial charge is 0.270 e. The minimum Gasteiger partial charge on any atom is -0.372 e.